The van der Waals surface area contributed by atoms with Crippen molar-refractivity contribution in [2.75, 3.05) is 0 Å². The van der Waals surface area contributed by atoms with Gasteiger partial charge in [0, 0.05) is 17.5 Å². The summed E-state index contributed by atoms with van der Waals surface area (Å²) in [6.07, 6.45) is 2.33. The van der Waals surface area contributed by atoms with Crippen LogP contribution in [0.4, 0.5) is 8.78 Å². The monoisotopic (exact) mass is 493 g/mol. The number of pyridine rings is 1. The second-order valence-electron chi connectivity index (χ2n) is 9.71. The molecule has 0 saturated heterocycles. The van der Waals surface area contributed by atoms with Crippen LogP contribution < -0.4 is 5.73 Å². The maximum absolute atomic E-state index is 14.7. The highest BCUT2D eigenvalue weighted by Crippen LogP contribution is 2.42. The average Bonchev–Trinajstić information content (AvgIpc) is 3.51. The van der Waals surface area contributed by atoms with Gasteiger partial charge < -0.3 is 19.6 Å². The predicted molar refractivity (Wildman–Crippen MR) is 135 cm³/mol. The molecular formula is C27H29F2N5O2. The third-order valence-electron chi connectivity index (χ3n) is 6.31. The van der Waals surface area contributed by atoms with Crippen molar-refractivity contribution in [3.8, 4) is 11.5 Å². The number of benzene rings is 1. The molecular weight excluding hydrogens is 464 g/mol. The van der Waals surface area contributed by atoms with Gasteiger partial charge in [0.2, 0.25) is 0 Å². The van der Waals surface area contributed by atoms with Crippen LogP contribution in [0.15, 0.2) is 49.1 Å². The average molecular weight is 494 g/mol. The van der Waals surface area contributed by atoms with Gasteiger partial charge in [0.05, 0.1) is 40.6 Å². The van der Waals surface area contributed by atoms with Crippen LogP contribution in [0.25, 0.3) is 33.6 Å². The molecule has 3 heterocycles. The molecule has 7 nitrogen and oxygen atoms in total. The summed E-state index contributed by atoms with van der Waals surface area (Å²) in [5, 5.41) is 0.713. The summed E-state index contributed by atoms with van der Waals surface area (Å²) >= 11 is 0. The van der Waals surface area contributed by atoms with Crippen molar-refractivity contribution in [1.82, 2.24) is 19.1 Å². The zero-order valence-electron chi connectivity index (χ0n) is 20.5. The fourth-order valence-corrected chi connectivity index (χ4v) is 4.41. The number of rotatable bonds is 8. The number of hydrogen-bond acceptors (Lipinski definition) is 5. The Morgan fingerprint density at radius 3 is 2.61 bits per heavy atom. The normalized spacial score (nSPS) is 15.1. The largest absolute Gasteiger partial charge is 0.459 e. The van der Waals surface area contributed by atoms with E-state index in [1.54, 1.807) is 32.9 Å². The van der Waals surface area contributed by atoms with Crippen molar-refractivity contribution in [3.63, 3.8) is 0 Å². The molecule has 1 aliphatic rings. The Kier molecular flexibility index (Phi) is 5.90. The fraction of sp³-hybridized carbons (Fsp3) is 0.370. The van der Waals surface area contributed by atoms with Crippen LogP contribution in [-0.4, -0.2) is 37.1 Å². The summed E-state index contributed by atoms with van der Waals surface area (Å²) < 4.78 is 38.2. The van der Waals surface area contributed by atoms with E-state index < -0.39 is 18.4 Å². The Hall–Kier alpha value is -3.59. The SMILES string of the molecule is C=CC(F)(F)Cn1c(-c2nc3cc(C(=O)OC(C)C)ccc3n2C2CC2)cc2ccc(C(C)N)nc21. The number of carbonyl (C=O) groups is 1. The molecule has 1 aromatic carbocycles. The Bertz CT molecular complexity index is 1480. The standard InChI is InChI=1S/C27H29F2N5O2/c1-5-27(28,29)14-33-23(13-17-6-10-20(16(4)30)31-24(17)33)25-32-21-12-18(26(35)36-15(2)3)7-11-22(21)34(25)19-8-9-19/h5-7,10-13,15-16,19H,1,8-9,14,30H2,2-4H3. The number of esters is 1. The number of nitrogens with zero attached hydrogens (tertiary/aromatic N) is 4. The highest BCUT2D eigenvalue weighted by Gasteiger charge is 2.33. The van der Waals surface area contributed by atoms with E-state index >= 15 is 0 Å². The molecule has 0 aliphatic heterocycles. The van der Waals surface area contributed by atoms with Gasteiger partial charge in [0.15, 0.2) is 5.82 Å². The Morgan fingerprint density at radius 2 is 1.97 bits per heavy atom. The van der Waals surface area contributed by atoms with E-state index in [4.69, 9.17) is 15.5 Å². The molecule has 1 saturated carbocycles. The molecule has 9 heteroatoms. The molecule has 188 valence electrons. The third kappa shape index (κ3) is 4.39. The van der Waals surface area contributed by atoms with Crippen molar-refractivity contribution < 1.29 is 18.3 Å². The van der Waals surface area contributed by atoms with Gasteiger partial charge in [-0.15, -0.1) is 0 Å². The smallest absolute Gasteiger partial charge is 0.338 e. The van der Waals surface area contributed by atoms with Crippen LogP contribution in [0.1, 0.15) is 61.7 Å². The number of allylic oxidation sites excluding steroid dienone is 1. The first-order valence-corrected chi connectivity index (χ1v) is 12.1. The molecule has 1 fully saturated rings. The van der Waals surface area contributed by atoms with Gasteiger partial charge in [-0.2, -0.15) is 0 Å². The molecule has 0 bridgehead atoms. The van der Waals surface area contributed by atoms with Gasteiger partial charge in [-0.05, 0) is 76.1 Å². The summed E-state index contributed by atoms with van der Waals surface area (Å²) in [6, 6.07) is 10.6. The van der Waals surface area contributed by atoms with Crippen molar-refractivity contribution in [2.45, 2.75) is 64.3 Å². The summed E-state index contributed by atoms with van der Waals surface area (Å²) in [5.41, 5.74) is 9.41. The molecule has 36 heavy (non-hydrogen) atoms. The number of alkyl halides is 2. The van der Waals surface area contributed by atoms with E-state index in [9.17, 15) is 13.6 Å². The molecule has 1 atom stereocenters. The minimum atomic E-state index is -3.16. The summed E-state index contributed by atoms with van der Waals surface area (Å²) in [5.74, 6) is -3.03. The predicted octanol–water partition coefficient (Wildman–Crippen LogP) is 5.79. The highest BCUT2D eigenvalue weighted by atomic mass is 19.3. The first-order valence-electron chi connectivity index (χ1n) is 12.1. The van der Waals surface area contributed by atoms with Crippen LogP contribution in [-0.2, 0) is 11.3 Å². The molecule has 0 amide bonds. The van der Waals surface area contributed by atoms with E-state index in [-0.39, 0.29) is 18.2 Å². The zero-order chi connectivity index (χ0) is 25.8. The molecule has 4 aromatic rings. The lowest BCUT2D eigenvalue weighted by Gasteiger charge is -2.17. The second-order valence-corrected chi connectivity index (χ2v) is 9.71. The van der Waals surface area contributed by atoms with Gasteiger partial charge in [-0.3, -0.25) is 0 Å². The van der Waals surface area contributed by atoms with E-state index in [0.717, 1.165) is 18.4 Å². The molecule has 1 aliphatic carbocycles. The number of aromatic nitrogens is 4. The minimum Gasteiger partial charge on any atom is -0.459 e. The summed E-state index contributed by atoms with van der Waals surface area (Å²) in [6.45, 7) is 8.06. The summed E-state index contributed by atoms with van der Waals surface area (Å²) in [4.78, 5) is 21.9. The number of carbonyl (C=O) groups excluding carboxylic acids is 1. The van der Waals surface area contributed by atoms with Gasteiger partial charge in [0.25, 0.3) is 5.92 Å². The maximum atomic E-state index is 14.7. The lowest BCUT2D eigenvalue weighted by Crippen LogP contribution is -2.22. The number of nitrogens with two attached hydrogens (primary N) is 1. The van der Waals surface area contributed by atoms with E-state index in [1.165, 1.54) is 4.57 Å². The number of hydrogen-bond donors (Lipinski definition) is 1. The Morgan fingerprint density at radius 1 is 1.22 bits per heavy atom. The van der Waals surface area contributed by atoms with Crippen LogP contribution in [0.5, 0.6) is 0 Å². The van der Waals surface area contributed by atoms with Crippen LogP contribution in [0.2, 0.25) is 0 Å². The molecule has 5 rings (SSSR count). The maximum Gasteiger partial charge on any atom is 0.338 e. The van der Waals surface area contributed by atoms with Crippen molar-refractivity contribution in [1.29, 1.82) is 0 Å². The summed E-state index contributed by atoms with van der Waals surface area (Å²) in [7, 11) is 0. The minimum absolute atomic E-state index is 0.206. The van der Waals surface area contributed by atoms with Crippen molar-refractivity contribution in [2.24, 2.45) is 5.73 Å². The number of ether oxygens (including phenoxy) is 1. The highest BCUT2D eigenvalue weighted by molar-refractivity contribution is 5.95. The van der Waals surface area contributed by atoms with Gasteiger partial charge in [-0.1, -0.05) is 6.58 Å². The number of fused-ring (bicyclic) bond motifs is 2. The third-order valence-corrected chi connectivity index (χ3v) is 6.31. The van der Waals surface area contributed by atoms with Crippen LogP contribution in [0, 0.1) is 0 Å². The zero-order valence-corrected chi connectivity index (χ0v) is 20.5. The molecule has 0 radical (unpaired) electrons. The molecule has 0 spiro atoms. The number of halogens is 2. The fourth-order valence-electron chi connectivity index (χ4n) is 4.41. The number of imidazole rings is 1. The lowest BCUT2D eigenvalue weighted by atomic mass is 10.2. The van der Waals surface area contributed by atoms with E-state index in [1.807, 2.05) is 24.3 Å². The quantitative estimate of drug-likeness (QED) is 0.248. The van der Waals surface area contributed by atoms with Crippen LogP contribution >= 0.6 is 0 Å². The van der Waals surface area contributed by atoms with E-state index in [0.29, 0.717) is 45.4 Å². The van der Waals surface area contributed by atoms with Crippen molar-refractivity contribution >= 4 is 28.0 Å². The second kappa shape index (κ2) is 8.81. The van der Waals surface area contributed by atoms with Crippen molar-refractivity contribution in [3.05, 3.63) is 60.3 Å². The van der Waals surface area contributed by atoms with E-state index in [2.05, 4.69) is 16.1 Å². The van der Waals surface area contributed by atoms with Gasteiger partial charge in [0.1, 0.15) is 5.65 Å². The Balaban J connectivity index is 1.73. The van der Waals surface area contributed by atoms with Gasteiger partial charge in [-0.25, -0.2) is 23.5 Å². The van der Waals surface area contributed by atoms with Gasteiger partial charge >= 0.3 is 5.97 Å². The van der Waals surface area contributed by atoms with Crippen LogP contribution in [0.3, 0.4) is 0 Å². The first-order chi connectivity index (χ1) is 17.1. The first kappa shape index (κ1) is 24.1. The lowest BCUT2D eigenvalue weighted by molar-refractivity contribution is 0.0370. The topological polar surface area (TPSA) is 88.0 Å². The molecule has 3 aromatic heterocycles. The Labute approximate surface area is 207 Å². The molecule has 1 unspecified atom stereocenters. The molecule has 2 N–H and O–H groups in total.